The maximum atomic E-state index is 13.2. The van der Waals surface area contributed by atoms with Crippen LogP contribution in [0.4, 0.5) is 0 Å². The second-order valence-electron chi connectivity index (χ2n) is 8.06. The van der Waals surface area contributed by atoms with Crippen molar-refractivity contribution in [1.29, 1.82) is 0 Å². The molecule has 1 amide bonds. The number of carbonyl (C=O) groups is 1. The average Bonchev–Trinajstić information content (AvgIpc) is 3.13. The minimum Gasteiger partial charge on any atom is -0.337 e. The first-order valence-electron chi connectivity index (χ1n) is 10.9. The Bertz CT molecular complexity index is 838. The molecule has 0 bridgehead atoms. The summed E-state index contributed by atoms with van der Waals surface area (Å²) in [4.78, 5) is 19.6. The van der Waals surface area contributed by atoms with E-state index in [2.05, 4.69) is 22.9 Å². The molecular formula is C23H31N5O. The fourth-order valence-electron chi connectivity index (χ4n) is 4.50. The Morgan fingerprint density at radius 1 is 1.28 bits per heavy atom. The summed E-state index contributed by atoms with van der Waals surface area (Å²) in [5.74, 6) is 0.109. The highest BCUT2D eigenvalue weighted by Crippen LogP contribution is 2.27. The third-order valence-electron chi connectivity index (χ3n) is 6.03. The van der Waals surface area contributed by atoms with E-state index in [-0.39, 0.29) is 5.91 Å². The number of fused-ring (bicyclic) bond motifs is 1. The number of piperidine rings is 1. The van der Waals surface area contributed by atoms with Gasteiger partial charge in [0, 0.05) is 55.2 Å². The molecule has 29 heavy (non-hydrogen) atoms. The van der Waals surface area contributed by atoms with Gasteiger partial charge in [0.15, 0.2) is 5.69 Å². The maximum absolute atomic E-state index is 13.2. The van der Waals surface area contributed by atoms with Crippen LogP contribution in [-0.2, 0) is 25.8 Å². The van der Waals surface area contributed by atoms with E-state index in [1.165, 1.54) is 12.1 Å². The van der Waals surface area contributed by atoms with Crippen LogP contribution in [0.3, 0.4) is 0 Å². The van der Waals surface area contributed by atoms with Gasteiger partial charge in [0.1, 0.15) is 0 Å². The van der Waals surface area contributed by atoms with Crippen molar-refractivity contribution < 1.29 is 4.79 Å². The number of nitrogens with zero attached hydrogens (tertiary/aromatic N) is 4. The third kappa shape index (κ3) is 4.58. The number of carbonyl (C=O) groups excluding carboxylic acids is 1. The van der Waals surface area contributed by atoms with Crippen LogP contribution in [0.1, 0.15) is 53.1 Å². The predicted octanol–water partition coefficient (Wildman–Crippen LogP) is 2.78. The van der Waals surface area contributed by atoms with Gasteiger partial charge >= 0.3 is 0 Å². The summed E-state index contributed by atoms with van der Waals surface area (Å²) in [6.45, 7) is 7.12. The van der Waals surface area contributed by atoms with Crippen LogP contribution in [-0.4, -0.2) is 51.2 Å². The van der Waals surface area contributed by atoms with Gasteiger partial charge in [0.05, 0.1) is 6.54 Å². The van der Waals surface area contributed by atoms with E-state index in [0.717, 1.165) is 69.4 Å². The zero-order chi connectivity index (χ0) is 20.1. The first-order chi connectivity index (χ1) is 14.3. The number of pyridine rings is 1. The second kappa shape index (κ2) is 9.35. The summed E-state index contributed by atoms with van der Waals surface area (Å²) in [5, 5.41) is 8.41. The molecule has 2 aliphatic rings. The Hall–Kier alpha value is -2.47. The second-order valence-corrected chi connectivity index (χ2v) is 8.06. The van der Waals surface area contributed by atoms with Crippen molar-refractivity contribution in [3.8, 4) is 0 Å². The van der Waals surface area contributed by atoms with Gasteiger partial charge < -0.3 is 10.2 Å². The van der Waals surface area contributed by atoms with Gasteiger partial charge in [-0.25, -0.2) is 0 Å². The first-order valence-corrected chi connectivity index (χ1v) is 10.9. The number of amides is 1. The number of nitrogens with one attached hydrogen (secondary N) is 1. The van der Waals surface area contributed by atoms with Crippen molar-refractivity contribution in [3.63, 3.8) is 0 Å². The number of rotatable bonds is 7. The molecule has 0 unspecified atom stereocenters. The van der Waals surface area contributed by atoms with E-state index < -0.39 is 0 Å². The quantitative estimate of drug-likeness (QED) is 0.735. The standard InChI is InChI=1S/C23H31N5O/c1-2-14-28-21-10-9-19(25-13-11-18-8-4-5-12-24-18)17-20(21)22(26-28)23(29)27-15-6-3-7-16-27/h2,4-5,8,12,19,25H,1,3,6-7,9-11,13-17H2/t19-/m1/s1. The van der Waals surface area contributed by atoms with Crippen molar-refractivity contribution >= 4 is 5.91 Å². The first kappa shape index (κ1) is 19.8. The molecule has 2 aromatic rings. The smallest absolute Gasteiger partial charge is 0.274 e. The van der Waals surface area contributed by atoms with Crippen molar-refractivity contribution in [1.82, 2.24) is 25.0 Å². The highest BCUT2D eigenvalue weighted by molar-refractivity contribution is 5.94. The molecule has 6 nitrogen and oxygen atoms in total. The molecule has 1 saturated heterocycles. The fraction of sp³-hybridized carbons (Fsp3) is 0.522. The van der Waals surface area contributed by atoms with Crippen molar-refractivity contribution in [3.05, 3.63) is 59.7 Å². The van der Waals surface area contributed by atoms with Crippen LogP contribution < -0.4 is 5.32 Å². The number of likely N-dealkylation sites (tertiary alicyclic amines) is 1. The summed E-state index contributed by atoms with van der Waals surface area (Å²) in [7, 11) is 0. The Morgan fingerprint density at radius 2 is 2.14 bits per heavy atom. The van der Waals surface area contributed by atoms with Gasteiger partial charge in [-0.2, -0.15) is 5.10 Å². The maximum Gasteiger partial charge on any atom is 0.274 e. The summed E-state index contributed by atoms with van der Waals surface area (Å²) < 4.78 is 1.99. The largest absolute Gasteiger partial charge is 0.337 e. The third-order valence-corrected chi connectivity index (χ3v) is 6.03. The van der Waals surface area contributed by atoms with Gasteiger partial charge in [0.25, 0.3) is 5.91 Å². The summed E-state index contributed by atoms with van der Waals surface area (Å²) in [5.41, 5.74) is 4.13. The Balaban J connectivity index is 1.46. The number of aromatic nitrogens is 3. The van der Waals surface area contributed by atoms with Crippen LogP contribution in [0.25, 0.3) is 0 Å². The summed E-state index contributed by atoms with van der Waals surface area (Å²) in [6.07, 6.45) is 10.9. The molecule has 0 aromatic carbocycles. The average molecular weight is 394 g/mol. The van der Waals surface area contributed by atoms with E-state index >= 15 is 0 Å². The molecular weight excluding hydrogens is 362 g/mol. The lowest BCUT2D eigenvalue weighted by Crippen LogP contribution is -2.38. The molecule has 6 heteroatoms. The molecule has 154 valence electrons. The van der Waals surface area contributed by atoms with Crippen molar-refractivity contribution in [2.45, 2.75) is 57.5 Å². The Labute approximate surface area is 173 Å². The molecule has 0 saturated carbocycles. The zero-order valence-electron chi connectivity index (χ0n) is 17.1. The van der Waals surface area contributed by atoms with Gasteiger partial charge in [-0.1, -0.05) is 12.1 Å². The van der Waals surface area contributed by atoms with Crippen molar-refractivity contribution in [2.24, 2.45) is 0 Å². The summed E-state index contributed by atoms with van der Waals surface area (Å²) in [6, 6.07) is 6.42. The van der Waals surface area contributed by atoms with Gasteiger partial charge in [-0.3, -0.25) is 14.5 Å². The normalized spacial score (nSPS) is 19.0. The zero-order valence-corrected chi connectivity index (χ0v) is 17.1. The number of hydrogen-bond donors (Lipinski definition) is 1. The molecule has 1 N–H and O–H groups in total. The molecule has 2 aromatic heterocycles. The van der Waals surface area contributed by atoms with Crippen LogP contribution in [0.2, 0.25) is 0 Å². The number of allylic oxidation sites excluding steroid dienone is 1. The van der Waals surface area contributed by atoms with Crippen LogP contribution >= 0.6 is 0 Å². The Morgan fingerprint density at radius 3 is 2.90 bits per heavy atom. The minimum atomic E-state index is 0.109. The van der Waals surface area contributed by atoms with Gasteiger partial charge in [-0.05, 0) is 50.7 Å². The lowest BCUT2D eigenvalue weighted by molar-refractivity contribution is 0.0716. The fourth-order valence-corrected chi connectivity index (χ4v) is 4.50. The monoisotopic (exact) mass is 393 g/mol. The molecule has 4 rings (SSSR count). The van der Waals surface area contributed by atoms with Crippen LogP contribution in [0, 0.1) is 0 Å². The molecule has 0 radical (unpaired) electrons. The molecule has 1 aliphatic heterocycles. The van der Waals surface area contributed by atoms with E-state index in [1.807, 2.05) is 34.0 Å². The Kier molecular flexibility index (Phi) is 6.39. The lowest BCUT2D eigenvalue weighted by Gasteiger charge is -2.27. The van der Waals surface area contributed by atoms with E-state index in [1.54, 1.807) is 0 Å². The van der Waals surface area contributed by atoms with Crippen LogP contribution in [0.15, 0.2) is 37.1 Å². The minimum absolute atomic E-state index is 0.109. The van der Waals surface area contributed by atoms with E-state index in [9.17, 15) is 4.79 Å². The van der Waals surface area contributed by atoms with E-state index in [0.29, 0.717) is 18.3 Å². The predicted molar refractivity (Wildman–Crippen MR) is 114 cm³/mol. The molecule has 1 atom stereocenters. The van der Waals surface area contributed by atoms with Gasteiger partial charge in [-0.15, -0.1) is 6.58 Å². The number of hydrogen-bond acceptors (Lipinski definition) is 4. The highest BCUT2D eigenvalue weighted by atomic mass is 16.2. The molecule has 3 heterocycles. The molecule has 1 fully saturated rings. The lowest BCUT2D eigenvalue weighted by atomic mass is 9.90. The summed E-state index contributed by atoms with van der Waals surface area (Å²) >= 11 is 0. The molecule has 0 spiro atoms. The van der Waals surface area contributed by atoms with Crippen LogP contribution in [0.5, 0.6) is 0 Å². The topological polar surface area (TPSA) is 63.1 Å². The van der Waals surface area contributed by atoms with Crippen molar-refractivity contribution in [2.75, 3.05) is 19.6 Å². The highest BCUT2D eigenvalue weighted by Gasteiger charge is 2.31. The SMILES string of the molecule is C=CCn1nc(C(=O)N2CCCCC2)c2c1CC[C@@H](NCCc1ccccn1)C2. The molecule has 1 aliphatic carbocycles. The van der Waals surface area contributed by atoms with E-state index in [4.69, 9.17) is 5.10 Å². The van der Waals surface area contributed by atoms with Gasteiger partial charge in [0.2, 0.25) is 0 Å².